The molecular weight excluding hydrogens is 540 g/mol. The Balaban J connectivity index is 1.54. The molecule has 1 aliphatic heterocycles. The molecule has 3 atom stereocenters. The molecule has 2 aromatic carbocycles. The number of carbonyl (C=O) groups is 3. The Kier molecular flexibility index (Phi) is 10.1. The molecule has 1 unspecified atom stereocenters. The number of carbonyl (C=O) groups excluding carboxylic acids is 3. The van der Waals surface area contributed by atoms with E-state index in [1.807, 2.05) is 30.3 Å². The first kappa shape index (κ1) is 30.2. The predicted molar refractivity (Wildman–Crippen MR) is 158 cm³/mol. The van der Waals surface area contributed by atoms with Crippen molar-refractivity contribution in [3.8, 4) is 23.8 Å². The van der Waals surface area contributed by atoms with E-state index in [1.165, 1.54) is 0 Å². The lowest BCUT2D eigenvalue weighted by Crippen LogP contribution is -2.57. The van der Waals surface area contributed by atoms with Crippen LogP contribution in [0, 0.1) is 18.3 Å². The van der Waals surface area contributed by atoms with Crippen molar-refractivity contribution < 1.29 is 23.9 Å². The molecule has 216 valence electrons. The fourth-order valence-electron chi connectivity index (χ4n) is 5.29. The van der Waals surface area contributed by atoms with Crippen molar-refractivity contribution >= 4 is 29.4 Å². The van der Waals surface area contributed by atoms with E-state index >= 15 is 0 Å². The van der Waals surface area contributed by atoms with Gasteiger partial charge in [0.05, 0.1) is 12.5 Å². The number of benzene rings is 2. The highest BCUT2D eigenvalue weighted by atomic mass is 35.5. The van der Waals surface area contributed by atoms with E-state index in [4.69, 9.17) is 27.5 Å². The SMILES string of the molecule is C#C[C@@H]1C[C@]1(NC(=O)C1Cc2cc(Oc3cccc(Cl)c3)ccc2CN1C(=O)CCCCCCC=C)C(=O)OCC. The fourth-order valence-corrected chi connectivity index (χ4v) is 5.47. The standard InChI is InChI=1S/C33H37ClN2O5/c1-4-7-8-9-10-11-15-30(37)36-22-23-16-17-28(41-27-14-12-13-26(34)20-27)18-24(23)19-29(36)31(38)35-33(21-25(33)5-2)32(39)40-6-3/h2,4,12-14,16-18,20,25,29H,1,6-11,15,19,21-22H2,3H3,(H,35,38)/t25-,29?,33-/m1/s1. The minimum absolute atomic E-state index is 0.0896. The average Bonchev–Trinajstić information content (AvgIpc) is 3.68. The van der Waals surface area contributed by atoms with Gasteiger partial charge in [-0.2, -0.15) is 0 Å². The lowest BCUT2D eigenvalue weighted by atomic mass is 9.92. The van der Waals surface area contributed by atoms with Crippen LogP contribution in [0.15, 0.2) is 55.1 Å². The van der Waals surface area contributed by atoms with Gasteiger partial charge in [0.25, 0.3) is 0 Å². The van der Waals surface area contributed by atoms with E-state index in [0.29, 0.717) is 29.4 Å². The summed E-state index contributed by atoms with van der Waals surface area (Å²) in [4.78, 5) is 41.6. The number of esters is 1. The number of halogens is 1. The van der Waals surface area contributed by atoms with Crippen LogP contribution in [0.2, 0.25) is 5.02 Å². The van der Waals surface area contributed by atoms with Crippen LogP contribution < -0.4 is 10.1 Å². The molecule has 1 fully saturated rings. The van der Waals surface area contributed by atoms with Gasteiger partial charge in [-0.25, -0.2) is 4.79 Å². The highest BCUT2D eigenvalue weighted by Crippen LogP contribution is 2.44. The molecule has 7 nitrogen and oxygen atoms in total. The van der Waals surface area contributed by atoms with Crippen LogP contribution in [-0.2, 0) is 32.1 Å². The van der Waals surface area contributed by atoms with Crippen molar-refractivity contribution in [1.82, 2.24) is 10.2 Å². The summed E-state index contributed by atoms with van der Waals surface area (Å²) in [5.74, 6) is 2.29. The third kappa shape index (κ3) is 7.31. The van der Waals surface area contributed by atoms with Crippen LogP contribution >= 0.6 is 11.6 Å². The first-order valence-corrected chi connectivity index (χ1v) is 14.6. The molecule has 8 heteroatoms. The van der Waals surface area contributed by atoms with Crippen molar-refractivity contribution in [3.63, 3.8) is 0 Å². The number of terminal acetylenes is 1. The van der Waals surface area contributed by atoms with E-state index in [9.17, 15) is 14.4 Å². The normalized spacial score (nSPS) is 20.8. The van der Waals surface area contributed by atoms with Crippen molar-refractivity contribution in [3.05, 3.63) is 71.3 Å². The highest BCUT2D eigenvalue weighted by molar-refractivity contribution is 6.30. The summed E-state index contributed by atoms with van der Waals surface area (Å²) in [6.45, 7) is 5.92. The number of allylic oxidation sites excluding steroid dienone is 1. The maximum absolute atomic E-state index is 13.8. The van der Waals surface area contributed by atoms with Gasteiger partial charge in [-0.1, -0.05) is 42.7 Å². The molecule has 0 saturated heterocycles. The van der Waals surface area contributed by atoms with Gasteiger partial charge in [-0.15, -0.1) is 18.9 Å². The number of amides is 2. The largest absolute Gasteiger partial charge is 0.464 e. The zero-order valence-corrected chi connectivity index (χ0v) is 24.3. The summed E-state index contributed by atoms with van der Waals surface area (Å²) >= 11 is 6.10. The zero-order chi connectivity index (χ0) is 29.4. The Morgan fingerprint density at radius 2 is 1.93 bits per heavy atom. The molecule has 1 heterocycles. The molecule has 0 spiro atoms. The minimum Gasteiger partial charge on any atom is -0.464 e. The molecule has 0 radical (unpaired) electrons. The van der Waals surface area contributed by atoms with E-state index in [2.05, 4.69) is 17.8 Å². The van der Waals surface area contributed by atoms with E-state index < -0.39 is 29.4 Å². The lowest BCUT2D eigenvalue weighted by Gasteiger charge is -2.37. The second-order valence-electron chi connectivity index (χ2n) is 10.6. The zero-order valence-electron chi connectivity index (χ0n) is 23.5. The van der Waals surface area contributed by atoms with Crippen molar-refractivity contribution in [2.24, 2.45) is 5.92 Å². The Morgan fingerprint density at radius 3 is 2.63 bits per heavy atom. The van der Waals surface area contributed by atoms with Gasteiger partial charge in [0, 0.05) is 24.4 Å². The molecule has 4 rings (SSSR count). The topological polar surface area (TPSA) is 84.9 Å². The van der Waals surface area contributed by atoms with Crippen LogP contribution in [0.5, 0.6) is 11.5 Å². The number of fused-ring (bicyclic) bond motifs is 1. The molecule has 1 saturated carbocycles. The molecule has 2 aliphatic rings. The van der Waals surface area contributed by atoms with Gasteiger partial charge >= 0.3 is 5.97 Å². The highest BCUT2D eigenvalue weighted by Gasteiger charge is 2.62. The van der Waals surface area contributed by atoms with Crippen LogP contribution in [0.25, 0.3) is 0 Å². The maximum Gasteiger partial charge on any atom is 0.333 e. The molecule has 1 N–H and O–H groups in total. The second-order valence-corrected chi connectivity index (χ2v) is 11.0. The third-order valence-corrected chi connectivity index (χ3v) is 7.89. The number of nitrogens with one attached hydrogen (secondary N) is 1. The van der Waals surface area contributed by atoms with Crippen molar-refractivity contribution in [2.45, 2.75) is 76.4 Å². The van der Waals surface area contributed by atoms with Gasteiger partial charge in [-0.05, 0) is 74.1 Å². The summed E-state index contributed by atoms with van der Waals surface area (Å²) in [6.07, 6.45) is 13.2. The van der Waals surface area contributed by atoms with Gasteiger partial charge < -0.3 is 19.7 Å². The Labute approximate surface area is 247 Å². The first-order chi connectivity index (χ1) is 19.8. The molecule has 1 aliphatic carbocycles. The van der Waals surface area contributed by atoms with E-state index in [0.717, 1.165) is 43.2 Å². The lowest BCUT2D eigenvalue weighted by molar-refractivity contribution is -0.150. The molecular formula is C33H37ClN2O5. The first-order valence-electron chi connectivity index (χ1n) is 14.2. The third-order valence-electron chi connectivity index (χ3n) is 7.66. The number of rotatable bonds is 13. The molecule has 2 amide bonds. The van der Waals surface area contributed by atoms with Crippen LogP contribution in [0.4, 0.5) is 0 Å². The van der Waals surface area contributed by atoms with Crippen molar-refractivity contribution in [1.29, 1.82) is 0 Å². The molecule has 0 bridgehead atoms. The summed E-state index contributed by atoms with van der Waals surface area (Å²) < 4.78 is 11.2. The van der Waals surface area contributed by atoms with Gasteiger partial charge in [-0.3, -0.25) is 9.59 Å². The molecule has 41 heavy (non-hydrogen) atoms. The second kappa shape index (κ2) is 13.7. The summed E-state index contributed by atoms with van der Waals surface area (Å²) in [6, 6.07) is 12.0. The number of unbranched alkanes of at least 4 members (excludes halogenated alkanes) is 4. The van der Waals surface area contributed by atoms with Gasteiger partial charge in [0.1, 0.15) is 17.5 Å². The smallest absolute Gasteiger partial charge is 0.333 e. The van der Waals surface area contributed by atoms with Gasteiger partial charge in [0.15, 0.2) is 5.54 Å². The molecule has 0 aromatic heterocycles. The average molecular weight is 577 g/mol. The molecule has 2 aromatic rings. The number of nitrogens with zero attached hydrogens (tertiary/aromatic N) is 1. The van der Waals surface area contributed by atoms with Crippen molar-refractivity contribution in [2.75, 3.05) is 6.61 Å². The summed E-state index contributed by atoms with van der Waals surface area (Å²) in [7, 11) is 0. The number of ether oxygens (including phenoxy) is 2. The van der Waals surface area contributed by atoms with Crippen LogP contribution in [-0.4, -0.2) is 40.9 Å². The quantitative estimate of drug-likeness (QED) is 0.137. The number of hydrogen-bond donors (Lipinski definition) is 1. The number of hydrogen-bond acceptors (Lipinski definition) is 5. The van der Waals surface area contributed by atoms with E-state index in [1.54, 1.807) is 30.0 Å². The Bertz CT molecular complexity index is 1340. The Morgan fingerprint density at radius 1 is 1.15 bits per heavy atom. The minimum atomic E-state index is -1.25. The Hall–Kier alpha value is -3.76. The van der Waals surface area contributed by atoms with Crippen LogP contribution in [0.3, 0.4) is 0 Å². The monoisotopic (exact) mass is 576 g/mol. The van der Waals surface area contributed by atoms with E-state index in [-0.39, 0.29) is 25.5 Å². The fraction of sp³-hybridized carbons (Fsp3) is 0.424. The summed E-state index contributed by atoms with van der Waals surface area (Å²) in [5, 5.41) is 3.45. The predicted octanol–water partition coefficient (Wildman–Crippen LogP) is 5.98. The van der Waals surface area contributed by atoms with Gasteiger partial charge in [0.2, 0.25) is 11.8 Å². The van der Waals surface area contributed by atoms with Crippen LogP contribution in [0.1, 0.15) is 63.0 Å². The maximum atomic E-state index is 13.8. The summed E-state index contributed by atoms with van der Waals surface area (Å²) in [5.41, 5.74) is 0.590.